The third kappa shape index (κ3) is 3.21. The quantitative estimate of drug-likeness (QED) is 0.619. The second kappa shape index (κ2) is 5.99. The minimum absolute atomic E-state index is 0.0620. The van der Waals surface area contributed by atoms with Gasteiger partial charge in [0.05, 0.1) is 18.5 Å². The van der Waals surface area contributed by atoms with Gasteiger partial charge in [0, 0.05) is 24.3 Å². The average molecular weight is 264 g/mol. The van der Waals surface area contributed by atoms with Crippen molar-refractivity contribution in [3.05, 3.63) is 28.4 Å². The summed E-state index contributed by atoms with van der Waals surface area (Å²) in [5.74, 6) is 0.522. The van der Waals surface area contributed by atoms with Crippen LogP contribution in [0.4, 0.5) is 0 Å². The van der Waals surface area contributed by atoms with Crippen molar-refractivity contribution in [2.45, 2.75) is 32.9 Å². The van der Waals surface area contributed by atoms with Gasteiger partial charge in [-0.2, -0.15) is 0 Å². The van der Waals surface area contributed by atoms with Gasteiger partial charge in [0.25, 0.3) is 5.56 Å². The zero-order valence-electron chi connectivity index (χ0n) is 11.2. The van der Waals surface area contributed by atoms with Crippen LogP contribution in [0.5, 0.6) is 0 Å². The molecule has 4 N–H and O–H groups in total. The highest BCUT2D eigenvalue weighted by Crippen LogP contribution is 2.12. The summed E-state index contributed by atoms with van der Waals surface area (Å²) >= 11 is 0. The molecule has 1 atom stereocenters. The second-order valence-electron chi connectivity index (χ2n) is 5.16. The van der Waals surface area contributed by atoms with Crippen molar-refractivity contribution in [3.63, 3.8) is 0 Å². The van der Waals surface area contributed by atoms with Crippen molar-refractivity contribution in [2.24, 2.45) is 5.92 Å². The molecule has 0 spiro atoms. The van der Waals surface area contributed by atoms with Crippen molar-refractivity contribution in [3.8, 4) is 0 Å². The lowest BCUT2D eigenvalue weighted by Gasteiger charge is -2.17. The molecule has 104 valence electrons. The number of H-pyrrole nitrogens is 2. The first kappa shape index (κ1) is 13.8. The monoisotopic (exact) mass is 264 g/mol. The van der Waals surface area contributed by atoms with Gasteiger partial charge in [0.1, 0.15) is 5.52 Å². The largest absolute Gasteiger partial charge is 0.395 e. The normalized spacial score (nSPS) is 13.3. The summed E-state index contributed by atoms with van der Waals surface area (Å²) in [5, 5.41) is 12.6. The lowest BCUT2D eigenvalue weighted by atomic mass is 10.0. The summed E-state index contributed by atoms with van der Waals surface area (Å²) in [6, 6.07) is 0.0620. The summed E-state index contributed by atoms with van der Waals surface area (Å²) in [6.07, 6.45) is 4.09. The average Bonchev–Trinajstić information content (AvgIpc) is 2.79. The van der Waals surface area contributed by atoms with E-state index in [2.05, 4.69) is 34.1 Å². The molecule has 2 aromatic rings. The minimum Gasteiger partial charge on any atom is -0.395 e. The van der Waals surface area contributed by atoms with E-state index in [1.807, 2.05) is 0 Å². The zero-order valence-corrected chi connectivity index (χ0v) is 11.2. The fourth-order valence-corrected chi connectivity index (χ4v) is 2.19. The molecular formula is C13H20N4O2. The van der Waals surface area contributed by atoms with Crippen LogP contribution in [0.1, 0.15) is 25.8 Å². The van der Waals surface area contributed by atoms with Crippen LogP contribution in [0.15, 0.2) is 17.3 Å². The fraction of sp³-hybridized carbons (Fsp3) is 0.538. The highest BCUT2D eigenvalue weighted by atomic mass is 16.3. The Labute approximate surface area is 111 Å². The Bertz CT molecular complexity index is 588. The van der Waals surface area contributed by atoms with E-state index in [1.54, 1.807) is 6.20 Å². The maximum Gasteiger partial charge on any atom is 0.275 e. The maximum absolute atomic E-state index is 11.5. The predicted octanol–water partition coefficient (Wildman–Crippen LogP) is 0.748. The van der Waals surface area contributed by atoms with Gasteiger partial charge >= 0.3 is 0 Å². The Morgan fingerprint density at radius 3 is 2.89 bits per heavy atom. The number of aliphatic hydroxyl groups excluding tert-OH is 1. The lowest BCUT2D eigenvalue weighted by Crippen LogP contribution is -2.33. The first-order chi connectivity index (χ1) is 9.11. The third-order valence-corrected chi connectivity index (χ3v) is 3.11. The van der Waals surface area contributed by atoms with E-state index in [9.17, 15) is 9.90 Å². The first-order valence-corrected chi connectivity index (χ1v) is 6.49. The highest BCUT2D eigenvalue weighted by molar-refractivity contribution is 5.77. The second-order valence-corrected chi connectivity index (χ2v) is 5.16. The molecule has 0 radical (unpaired) electrons. The summed E-state index contributed by atoms with van der Waals surface area (Å²) < 4.78 is 0. The molecule has 0 fully saturated rings. The Balaban J connectivity index is 2.09. The number of aromatic nitrogens is 3. The van der Waals surface area contributed by atoms with Gasteiger partial charge in [-0.3, -0.25) is 4.79 Å². The summed E-state index contributed by atoms with van der Waals surface area (Å²) in [6.45, 7) is 4.93. The van der Waals surface area contributed by atoms with Gasteiger partial charge < -0.3 is 20.4 Å². The molecule has 0 unspecified atom stereocenters. The molecule has 0 amide bonds. The standard InChI is InChI=1S/C13H20N4O2/c1-8(2)3-10(6-18)14-4-9-5-15-12-11(9)16-7-17-13(12)19/h5,7-8,10,14-15,18H,3-4,6H2,1-2H3,(H,16,17,19)/t10-/m0/s1. The highest BCUT2D eigenvalue weighted by Gasteiger charge is 2.12. The maximum atomic E-state index is 11.5. The van der Waals surface area contributed by atoms with Gasteiger partial charge in [-0.15, -0.1) is 0 Å². The molecule has 6 heteroatoms. The van der Waals surface area contributed by atoms with Crippen LogP contribution in [0.3, 0.4) is 0 Å². The number of aliphatic hydroxyl groups is 1. The Morgan fingerprint density at radius 1 is 1.42 bits per heavy atom. The van der Waals surface area contributed by atoms with Crippen LogP contribution in [0.2, 0.25) is 0 Å². The van der Waals surface area contributed by atoms with Crippen molar-refractivity contribution < 1.29 is 5.11 Å². The SMILES string of the molecule is CC(C)C[C@@H](CO)NCc1c[nH]c2c(=O)[nH]cnc12. The van der Waals surface area contributed by atoms with E-state index in [1.165, 1.54) is 6.33 Å². The van der Waals surface area contributed by atoms with E-state index in [4.69, 9.17) is 0 Å². The number of nitrogens with one attached hydrogen (secondary N) is 3. The van der Waals surface area contributed by atoms with Gasteiger partial charge in [0.2, 0.25) is 0 Å². The van der Waals surface area contributed by atoms with Gasteiger partial charge in [-0.25, -0.2) is 4.98 Å². The van der Waals surface area contributed by atoms with Crippen LogP contribution < -0.4 is 10.9 Å². The molecule has 2 rings (SSSR count). The molecule has 0 aromatic carbocycles. The van der Waals surface area contributed by atoms with Gasteiger partial charge in [0.15, 0.2) is 0 Å². The number of aromatic amines is 2. The molecule has 0 aliphatic carbocycles. The van der Waals surface area contributed by atoms with Crippen molar-refractivity contribution in [1.82, 2.24) is 20.3 Å². The fourth-order valence-electron chi connectivity index (χ4n) is 2.19. The predicted molar refractivity (Wildman–Crippen MR) is 73.9 cm³/mol. The van der Waals surface area contributed by atoms with Crippen LogP contribution in [0, 0.1) is 5.92 Å². The molecule has 2 heterocycles. The molecule has 6 nitrogen and oxygen atoms in total. The van der Waals surface area contributed by atoms with E-state index >= 15 is 0 Å². The number of rotatable bonds is 6. The molecular weight excluding hydrogens is 244 g/mol. The number of hydrogen-bond acceptors (Lipinski definition) is 4. The van der Waals surface area contributed by atoms with E-state index in [0.29, 0.717) is 23.5 Å². The minimum atomic E-state index is -0.169. The molecule has 2 aromatic heterocycles. The summed E-state index contributed by atoms with van der Waals surface area (Å²) in [7, 11) is 0. The van der Waals surface area contributed by atoms with Gasteiger partial charge in [-0.1, -0.05) is 13.8 Å². The van der Waals surface area contributed by atoms with E-state index < -0.39 is 0 Å². The summed E-state index contributed by atoms with van der Waals surface area (Å²) in [4.78, 5) is 21.2. The molecule has 19 heavy (non-hydrogen) atoms. The number of nitrogens with zero attached hydrogens (tertiary/aromatic N) is 1. The lowest BCUT2D eigenvalue weighted by molar-refractivity contribution is 0.223. The number of fused-ring (bicyclic) bond motifs is 1. The Kier molecular flexibility index (Phi) is 4.34. The first-order valence-electron chi connectivity index (χ1n) is 6.49. The van der Waals surface area contributed by atoms with Crippen molar-refractivity contribution in [2.75, 3.05) is 6.61 Å². The number of hydrogen-bond donors (Lipinski definition) is 4. The molecule has 0 saturated carbocycles. The molecule has 0 aliphatic rings. The smallest absolute Gasteiger partial charge is 0.275 e. The van der Waals surface area contributed by atoms with E-state index in [0.717, 1.165) is 12.0 Å². The van der Waals surface area contributed by atoms with Crippen molar-refractivity contribution >= 4 is 11.0 Å². The molecule has 0 aliphatic heterocycles. The topological polar surface area (TPSA) is 93.8 Å². The van der Waals surface area contributed by atoms with Crippen LogP contribution >= 0.6 is 0 Å². The Morgan fingerprint density at radius 2 is 2.21 bits per heavy atom. The van der Waals surface area contributed by atoms with Crippen molar-refractivity contribution in [1.29, 1.82) is 0 Å². The van der Waals surface area contributed by atoms with Gasteiger partial charge in [-0.05, 0) is 12.3 Å². The summed E-state index contributed by atoms with van der Waals surface area (Å²) in [5.41, 5.74) is 1.93. The molecule has 0 saturated heterocycles. The zero-order chi connectivity index (χ0) is 13.8. The van der Waals surface area contributed by atoms with Crippen LogP contribution in [-0.2, 0) is 6.54 Å². The van der Waals surface area contributed by atoms with E-state index in [-0.39, 0.29) is 18.2 Å². The van der Waals surface area contributed by atoms with Crippen LogP contribution in [-0.4, -0.2) is 32.7 Å². The molecule has 0 bridgehead atoms. The third-order valence-electron chi connectivity index (χ3n) is 3.11. The van der Waals surface area contributed by atoms with Crippen LogP contribution in [0.25, 0.3) is 11.0 Å². The Hall–Kier alpha value is -1.66.